The Hall–Kier alpha value is -0.350. The van der Waals surface area contributed by atoms with Crippen LogP contribution < -0.4 is 0 Å². The average molecular weight is 251 g/mol. The van der Waals surface area contributed by atoms with Gasteiger partial charge >= 0.3 is 5.97 Å². The van der Waals surface area contributed by atoms with E-state index >= 15 is 0 Å². The van der Waals surface area contributed by atoms with E-state index in [1.165, 1.54) is 0 Å². The van der Waals surface area contributed by atoms with Crippen LogP contribution in [0.1, 0.15) is 19.3 Å². The molecule has 1 unspecified atom stereocenters. The van der Waals surface area contributed by atoms with E-state index in [9.17, 15) is 4.79 Å². The van der Waals surface area contributed by atoms with Crippen LogP contribution in [0.15, 0.2) is 12.7 Å². The molecule has 1 N–H and O–H groups in total. The number of carbonyl (C=O) groups is 1. The molecule has 0 saturated carbocycles. The fourth-order valence-corrected chi connectivity index (χ4v) is 1.25. The van der Waals surface area contributed by atoms with Gasteiger partial charge in [0, 0.05) is 17.5 Å². The molecule has 0 aliphatic rings. The molecule has 0 aromatic heterocycles. The SMILES string of the molecule is C=CC(=O)OCC(Br)CCCCO. The van der Waals surface area contributed by atoms with E-state index in [0.29, 0.717) is 6.61 Å². The summed E-state index contributed by atoms with van der Waals surface area (Å²) in [7, 11) is 0. The molecule has 0 bridgehead atoms. The average Bonchev–Trinajstić information content (AvgIpc) is 2.14. The normalized spacial score (nSPS) is 12.2. The number of aliphatic hydroxyl groups excluding tert-OH is 1. The molecule has 0 fully saturated rings. The minimum atomic E-state index is -0.397. The molecule has 76 valence electrons. The Balaban J connectivity index is 3.34. The topological polar surface area (TPSA) is 46.5 Å². The molecule has 0 saturated heterocycles. The van der Waals surface area contributed by atoms with Crippen LogP contribution in [0.4, 0.5) is 0 Å². The van der Waals surface area contributed by atoms with Crippen molar-refractivity contribution in [1.82, 2.24) is 0 Å². The Bertz CT molecular complexity index is 159. The van der Waals surface area contributed by atoms with Crippen molar-refractivity contribution in [3.8, 4) is 0 Å². The summed E-state index contributed by atoms with van der Waals surface area (Å²) >= 11 is 3.37. The van der Waals surface area contributed by atoms with Gasteiger partial charge in [-0.1, -0.05) is 22.5 Å². The first kappa shape index (κ1) is 12.7. The third-order valence-corrected chi connectivity index (χ3v) is 2.22. The summed E-state index contributed by atoms with van der Waals surface area (Å²) in [4.78, 5) is 10.8. The molecule has 0 spiro atoms. The molecular weight excluding hydrogens is 236 g/mol. The first-order chi connectivity index (χ1) is 6.20. The van der Waals surface area contributed by atoms with Gasteiger partial charge in [-0.2, -0.15) is 0 Å². The molecule has 3 nitrogen and oxygen atoms in total. The Morgan fingerprint density at radius 3 is 2.85 bits per heavy atom. The Morgan fingerprint density at radius 1 is 1.62 bits per heavy atom. The Labute approximate surface area is 86.9 Å². The molecule has 0 aromatic rings. The highest BCUT2D eigenvalue weighted by Gasteiger charge is 2.05. The van der Waals surface area contributed by atoms with E-state index in [4.69, 9.17) is 9.84 Å². The maximum atomic E-state index is 10.6. The van der Waals surface area contributed by atoms with Crippen molar-refractivity contribution in [3.05, 3.63) is 12.7 Å². The molecule has 0 aliphatic carbocycles. The molecular formula is C9H15BrO3. The van der Waals surface area contributed by atoms with Crippen LogP contribution in [0.5, 0.6) is 0 Å². The van der Waals surface area contributed by atoms with Gasteiger partial charge in [-0.25, -0.2) is 4.79 Å². The van der Waals surface area contributed by atoms with Crippen LogP contribution in [0.3, 0.4) is 0 Å². The van der Waals surface area contributed by atoms with Crippen LogP contribution in [0.2, 0.25) is 0 Å². The number of carbonyl (C=O) groups excluding carboxylic acids is 1. The van der Waals surface area contributed by atoms with Crippen LogP contribution in [-0.4, -0.2) is 29.1 Å². The zero-order valence-corrected chi connectivity index (χ0v) is 9.13. The zero-order valence-electron chi connectivity index (χ0n) is 7.54. The van der Waals surface area contributed by atoms with Crippen molar-refractivity contribution in [2.45, 2.75) is 24.1 Å². The predicted molar refractivity (Wildman–Crippen MR) is 54.8 cm³/mol. The van der Waals surface area contributed by atoms with Gasteiger partial charge in [-0.05, 0) is 19.3 Å². The maximum absolute atomic E-state index is 10.6. The third-order valence-electron chi connectivity index (χ3n) is 1.50. The highest BCUT2D eigenvalue weighted by molar-refractivity contribution is 9.09. The fourth-order valence-electron chi connectivity index (χ4n) is 0.792. The second kappa shape index (κ2) is 8.26. The summed E-state index contributed by atoms with van der Waals surface area (Å²) in [6, 6.07) is 0. The molecule has 0 aromatic carbocycles. The van der Waals surface area contributed by atoms with Crippen molar-refractivity contribution in [3.63, 3.8) is 0 Å². The van der Waals surface area contributed by atoms with Crippen LogP contribution >= 0.6 is 15.9 Å². The molecule has 0 aliphatic heterocycles. The monoisotopic (exact) mass is 250 g/mol. The number of alkyl halides is 1. The number of halogens is 1. The highest BCUT2D eigenvalue weighted by Crippen LogP contribution is 2.10. The highest BCUT2D eigenvalue weighted by atomic mass is 79.9. The van der Waals surface area contributed by atoms with Gasteiger partial charge in [0.15, 0.2) is 0 Å². The summed E-state index contributed by atoms with van der Waals surface area (Å²) in [5.41, 5.74) is 0. The summed E-state index contributed by atoms with van der Waals surface area (Å²) in [6.45, 7) is 3.86. The van der Waals surface area contributed by atoms with Crippen LogP contribution in [-0.2, 0) is 9.53 Å². The number of hydrogen-bond acceptors (Lipinski definition) is 3. The first-order valence-corrected chi connectivity index (χ1v) is 5.16. The van der Waals surface area contributed by atoms with E-state index in [0.717, 1.165) is 25.3 Å². The number of ether oxygens (including phenoxy) is 1. The first-order valence-electron chi connectivity index (χ1n) is 4.24. The van der Waals surface area contributed by atoms with E-state index in [-0.39, 0.29) is 11.4 Å². The smallest absolute Gasteiger partial charge is 0.330 e. The molecule has 0 rings (SSSR count). The molecule has 0 heterocycles. The van der Waals surface area contributed by atoms with Gasteiger partial charge in [0.2, 0.25) is 0 Å². The van der Waals surface area contributed by atoms with Gasteiger partial charge in [0.25, 0.3) is 0 Å². The maximum Gasteiger partial charge on any atom is 0.330 e. The van der Waals surface area contributed by atoms with E-state index in [1.807, 2.05) is 0 Å². The Kier molecular flexibility index (Phi) is 8.04. The Morgan fingerprint density at radius 2 is 2.31 bits per heavy atom. The lowest BCUT2D eigenvalue weighted by Crippen LogP contribution is -2.12. The minimum Gasteiger partial charge on any atom is -0.461 e. The van der Waals surface area contributed by atoms with Crippen LogP contribution in [0, 0.1) is 0 Å². The van der Waals surface area contributed by atoms with E-state index < -0.39 is 5.97 Å². The lowest BCUT2D eigenvalue weighted by Gasteiger charge is -2.08. The summed E-state index contributed by atoms with van der Waals surface area (Å²) in [6.07, 6.45) is 3.76. The van der Waals surface area contributed by atoms with Gasteiger partial charge in [-0.3, -0.25) is 0 Å². The molecule has 1 atom stereocenters. The number of hydrogen-bond donors (Lipinski definition) is 1. The minimum absolute atomic E-state index is 0.169. The van der Waals surface area contributed by atoms with E-state index in [1.54, 1.807) is 0 Å². The molecule has 13 heavy (non-hydrogen) atoms. The standard InChI is InChI=1S/C9H15BrO3/c1-2-9(12)13-7-8(10)5-3-4-6-11/h2,8,11H,1,3-7H2. The van der Waals surface area contributed by atoms with Crippen molar-refractivity contribution < 1.29 is 14.6 Å². The largest absolute Gasteiger partial charge is 0.461 e. The number of unbranched alkanes of at least 4 members (excludes halogenated alkanes) is 1. The van der Waals surface area contributed by atoms with Crippen molar-refractivity contribution in [1.29, 1.82) is 0 Å². The summed E-state index contributed by atoms with van der Waals surface area (Å²) < 4.78 is 4.82. The van der Waals surface area contributed by atoms with Gasteiger partial charge in [0.05, 0.1) is 0 Å². The van der Waals surface area contributed by atoms with Crippen molar-refractivity contribution in [2.75, 3.05) is 13.2 Å². The molecule has 4 heteroatoms. The van der Waals surface area contributed by atoms with Crippen LogP contribution in [0.25, 0.3) is 0 Å². The quantitative estimate of drug-likeness (QED) is 0.324. The van der Waals surface area contributed by atoms with Gasteiger partial charge in [0.1, 0.15) is 6.61 Å². The second-order valence-corrected chi connectivity index (χ2v) is 3.95. The summed E-state index contributed by atoms with van der Waals surface area (Å²) in [5, 5.41) is 8.52. The lowest BCUT2D eigenvalue weighted by atomic mass is 10.2. The van der Waals surface area contributed by atoms with Crippen molar-refractivity contribution >= 4 is 21.9 Å². The molecule has 0 radical (unpaired) electrons. The second-order valence-electron chi connectivity index (χ2n) is 2.65. The van der Waals surface area contributed by atoms with Crippen molar-refractivity contribution in [2.24, 2.45) is 0 Å². The lowest BCUT2D eigenvalue weighted by molar-refractivity contribution is -0.137. The van der Waals surface area contributed by atoms with Gasteiger partial charge in [-0.15, -0.1) is 0 Å². The zero-order chi connectivity index (χ0) is 10.1. The molecule has 0 amide bonds. The number of aliphatic hydroxyl groups is 1. The summed E-state index contributed by atoms with van der Waals surface area (Å²) in [5.74, 6) is -0.397. The number of rotatable bonds is 7. The fraction of sp³-hybridized carbons (Fsp3) is 0.667. The predicted octanol–water partition coefficient (Wildman–Crippen LogP) is 1.64. The third kappa shape index (κ3) is 7.99. The van der Waals surface area contributed by atoms with Gasteiger partial charge < -0.3 is 9.84 Å². The van der Waals surface area contributed by atoms with E-state index in [2.05, 4.69) is 22.5 Å². The number of esters is 1.